The summed E-state index contributed by atoms with van der Waals surface area (Å²) in [7, 11) is 0. The molecule has 1 N–H and O–H groups in total. The molecular weight excluding hydrogens is 406 g/mol. The summed E-state index contributed by atoms with van der Waals surface area (Å²) in [6.07, 6.45) is 2.33. The molecule has 2 aromatic carbocycles. The van der Waals surface area contributed by atoms with E-state index in [9.17, 15) is 4.79 Å². The molecule has 4 rings (SSSR count). The van der Waals surface area contributed by atoms with Gasteiger partial charge in [0.1, 0.15) is 0 Å². The number of aryl methyl sites for hydroxylation is 3. The molecule has 2 heterocycles. The Kier molecular flexibility index (Phi) is 6.32. The van der Waals surface area contributed by atoms with E-state index in [1.807, 2.05) is 39.0 Å². The standard InChI is InChI=1S/C24H29N5OS/c1-16-8-11-20(12-9-16)29-23(28-13-5-6-14-28)26-27-24(29)31-19(4)22(30)25-21-15-17(2)7-10-18(21)3/h7-12,15,19H,5-6,13-14H2,1-4H3,(H,25,30). The van der Waals surface area contributed by atoms with E-state index in [2.05, 4.69) is 56.2 Å². The van der Waals surface area contributed by atoms with E-state index >= 15 is 0 Å². The van der Waals surface area contributed by atoms with Crippen LogP contribution in [0.1, 0.15) is 36.5 Å². The number of anilines is 2. The smallest absolute Gasteiger partial charge is 0.237 e. The molecular formula is C24H29N5OS. The summed E-state index contributed by atoms with van der Waals surface area (Å²) >= 11 is 1.44. The van der Waals surface area contributed by atoms with Crippen molar-refractivity contribution in [3.63, 3.8) is 0 Å². The molecule has 31 heavy (non-hydrogen) atoms. The molecule has 0 spiro atoms. The van der Waals surface area contributed by atoms with E-state index in [1.165, 1.54) is 17.3 Å². The molecule has 6 nitrogen and oxygen atoms in total. The number of amides is 1. The normalized spacial score (nSPS) is 14.6. The van der Waals surface area contributed by atoms with E-state index < -0.39 is 0 Å². The Morgan fingerprint density at radius 3 is 2.39 bits per heavy atom. The van der Waals surface area contributed by atoms with Crippen LogP contribution in [0.2, 0.25) is 0 Å². The summed E-state index contributed by atoms with van der Waals surface area (Å²) in [5.74, 6) is 0.811. The third-order valence-corrected chi connectivity index (χ3v) is 6.64. The predicted octanol–water partition coefficient (Wildman–Crippen LogP) is 4.91. The van der Waals surface area contributed by atoms with Gasteiger partial charge in [0, 0.05) is 18.8 Å². The van der Waals surface area contributed by atoms with Crippen LogP contribution in [0.5, 0.6) is 0 Å². The van der Waals surface area contributed by atoms with Crippen LogP contribution in [-0.4, -0.2) is 39.0 Å². The zero-order valence-electron chi connectivity index (χ0n) is 18.6. The van der Waals surface area contributed by atoms with E-state index in [1.54, 1.807) is 0 Å². The van der Waals surface area contributed by atoms with Gasteiger partial charge in [0.15, 0.2) is 5.16 Å². The van der Waals surface area contributed by atoms with Crippen molar-refractivity contribution in [2.45, 2.75) is 50.9 Å². The molecule has 1 atom stereocenters. The topological polar surface area (TPSA) is 63.1 Å². The lowest BCUT2D eigenvalue weighted by Gasteiger charge is -2.19. The number of carbonyl (C=O) groups excluding carboxylic acids is 1. The molecule has 0 radical (unpaired) electrons. The minimum atomic E-state index is -0.320. The lowest BCUT2D eigenvalue weighted by molar-refractivity contribution is -0.115. The van der Waals surface area contributed by atoms with Crippen LogP contribution in [0.25, 0.3) is 5.69 Å². The first kappa shape index (κ1) is 21.4. The van der Waals surface area contributed by atoms with Crippen molar-refractivity contribution in [1.29, 1.82) is 0 Å². The Hall–Kier alpha value is -2.80. The van der Waals surface area contributed by atoms with Crippen molar-refractivity contribution in [1.82, 2.24) is 14.8 Å². The number of hydrogen-bond donors (Lipinski definition) is 1. The number of nitrogens with zero attached hydrogens (tertiary/aromatic N) is 4. The number of rotatable bonds is 6. The Morgan fingerprint density at radius 2 is 1.68 bits per heavy atom. The second-order valence-corrected chi connectivity index (χ2v) is 9.52. The highest BCUT2D eigenvalue weighted by atomic mass is 32.2. The number of benzene rings is 2. The van der Waals surface area contributed by atoms with Gasteiger partial charge in [0.05, 0.1) is 10.9 Å². The number of aromatic nitrogens is 3. The molecule has 1 unspecified atom stereocenters. The van der Waals surface area contributed by atoms with Gasteiger partial charge in [-0.05, 0) is 69.9 Å². The van der Waals surface area contributed by atoms with Gasteiger partial charge < -0.3 is 10.2 Å². The number of carbonyl (C=O) groups is 1. The Labute approximate surface area is 188 Å². The van der Waals surface area contributed by atoms with Crippen LogP contribution in [0.15, 0.2) is 47.6 Å². The average Bonchev–Trinajstić information content (AvgIpc) is 3.41. The van der Waals surface area contributed by atoms with Crippen LogP contribution in [0.3, 0.4) is 0 Å². The molecule has 1 aromatic heterocycles. The number of hydrogen-bond acceptors (Lipinski definition) is 5. The maximum Gasteiger partial charge on any atom is 0.237 e. The first-order chi connectivity index (χ1) is 14.9. The maximum atomic E-state index is 12.9. The third kappa shape index (κ3) is 4.77. The van der Waals surface area contributed by atoms with Crippen molar-refractivity contribution in [2.75, 3.05) is 23.3 Å². The summed E-state index contributed by atoms with van der Waals surface area (Å²) in [4.78, 5) is 15.2. The summed E-state index contributed by atoms with van der Waals surface area (Å²) in [6, 6.07) is 14.4. The quantitative estimate of drug-likeness (QED) is 0.557. The highest BCUT2D eigenvalue weighted by Gasteiger charge is 2.25. The molecule has 1 fully saturated rings. The lowest BCUT2D eigenvalue weighted by Crippen LogP contribution is -2.24. The van der Waals surface area contributed by atoms with Crippen LogP contribution < -0.4 is 10.2 Å². The van der Waals surface area contributed by atoms with Crippen molar-refractivity contribution < 1.29 is 4.79 Å². The minimum Gasteiger partial charge on any atom is -0.341 e. The van der Waals surface area contributed by atoms with E-state index in [4.69, 9.17) is 0 Å². The maximum absolute atomic E-state index is 12.9. The van der Waals surface area contributed by atoms with Gasteiger partial charge in [0.2, 0.25) is 11.9 Å². The van der Waals surface area contributed by atoms with Gasteiger partial charge >= 0.3 is 0 Å². The zero-order valence-corrected chi connectivity index (χ0v) is 19.4. The van der Waals surface area contributed by atoms with Crippen molar-refractivity contribution in [3.8, 4) is 5.69 Å². The van der Waals surface area contributed by atoms with Gasteiger partial charge in [0.25, 0.3) is 0 Å². The average molecular weight is 436 g/mol. The molecule has 162 valence electrons. The second kappa shape index (κ2) is 9.14. The Balaban J connectivity index is 1.59. The predicted molar refractivity (Wildman–Crippen MR) is 127 cm³/mol. The Morgan fingerprint density at radius 1 is 1.00 bits per heavy atom. The lowest BCUT2D eigenvalue weighted by atomic mass is 10.1. The summed E-state index contributed by atoms with van der Waals surface area (Å²) in [5, 5.41) is 12.5. The van der Waals surface area contributed by atoms with Gasteiger partial charge in [-0.2, -0.15) is 0 Å². The third-order valence-electron chi connectivity index (χ3n) is 5.60. The molecule has 1 aliphatic heterocycles. The minimum absolute atomic E-state index is 0.0418. The molecule has 0 aliphatic carbocycles. The largest absolute Gasteiger partial charge is 0.341 e. The van der Waals surface area contributed by atoms with E-state index in [-0.39, 0.29) is 11.2 Å². The fraction of sp³-hybridized carbons (Fsp3) is 0.375. The fourth-order valence-corrected chi connectivity index (χ4v) is 4.56. The SMILES string of the molecule is Cc1ccc(-n2c(SC(C)C(=O)Nc3cc(C)ccc3C)nnc2N2CCCC2)cc1. The van der Waals surface area contributed by atoms with E-state index in [0.29, 0.717) is 0 Å². The van der Waals surface area contributed by atoms with Gasteiger partial charge in [-0.25, -0.2) is 0 Å². The molecule has 3 aromatic rings. The molecule has 1 saturated heterocycles. The first-order valence-corrected chi connectivity index (χ1v) is 11.6. The fourth-order valence-electron chi connectivity index (χ4n) is 3.70. The first-order valence-electron chi connectivity index (χ1n) is 10.7. The molecule has 0 saturated carbocycles. The number of nitrogens with one attached hydrogen (secondary N) is 1. The molecule has 1 amide bonds. The van der Waals surface area contributed by atoms with Gasteiger partial charge in [-0.1, -0.05) is 41.6 Å². The highest BCUT2D eigenvalue weighted by Crippen LogP contribution is 2.31. The zero-order chi connectivity index (χ0) is 22.0. The van der Waals surface area contributed by atoms with Gasteiger partial charge in [-0.15, -0.1) is 10.2 Å². The van der Waals surface area contributed by atoms with Crippen LogP contribution in [0, 0.1) is 20.8 Å². The van der Waals surface area contributed by atoms with Crippen LogP contribution in [-0.2, 0) is 4.79 Å². The Bertz CT molecular complexity index is 1070. The molecule has 0 bridgehead atoms. The summed E-state index contributed by atoms with van der Waals surface area (Å²) in [6.45, 7) is 9.98. The highest BCUT2D eigenvalue weighted by molar-refractivity contribution is 8.00. The summed E-state index contributed by atoms with van der Waals surface area (Å²) in [5.41, 5.74) is 5.25. The second-order valence-electron chi connectivity index (χ2n) is 8.22. The molecule has 1 aliphatic rings. The summed E-state index contributed by atoms with van der Waals surface area (Å²) < 4.78 is 2.08. The van der Waals surface area contributed by atoms with Crippen molar-refractivity contribution in [2.24, 2.45) is 0 Å². The van der Waals surface area contributed by atoms with Crippen LogP contribution >= 0.6 is 11.8 Å². The van der Waals surface area contributed by atoms with Crippen molar-refractivity contribution in [3.05, 3.63) is 59.2 Å². The van der Waals surface area contributed by atoms with Crippen molar-refractivity contribution >= 4 is 29.3 Å². The molecule has 7 heteroatoms. The van der Waals surface area contributed by atoms with Gasteiger partial charge in [-0.3, -0.25) is 9.36 Å². The van der Waals surface area contributed by atoms with Crippen LogP contribution in [0.4, 0.5) is 11.6 Å². The van der Waals surface area contributed by atoms with E-state index in [0.717, 1.165) is 59.5 Å². The number of thioether (sulfide) groups is 1. The monoisotopic (exact) mass is 435 g/mol.